The van der Waals surface area contributed by atoms with Gasteiger partial charge in [0.25, 0.3) is 0 Å². The second kappa shape index (κ2) is 9.15. The number of rotatable bonds is 8. The third kappa shape index (κ3) is 6.42. The summed E-state index contributed by atoms with van der Waals surface area (Å²) in [7, 11) is 1.95. The van der Waals surface area contributed by atoms with Gasteiger partial charge in [-0.25, -0.2) is 4.99 Å². The zero-order valence-corrected chi connectivity index (χ0v) is 13.7. The molecule has 1 rings (SSSR count). The zero-order chi connectivity index (χ0) is 15.7. The Morgan fingerprint density at radius 3 is 2.71 bits per heavy atom. The van der Waals surface area contributed by atoms with Gasteiger partial charge in [-0.05, 0) is 25.7 Å². The quantitative estimate of drug-likeness (QED) is 0.332. The molecule has 0 bridgehead atoms. The van der Waals surface area contributed by atoms with Crippen molar-refractivity contribution in [2.75, 3.05) is 13.1 Å². The highest BCUT2D eigenvalue weighted by Gasteiger charge is 2.04. The molecule has 0 fully saturated rings. The van der Waals surface area contributed by atoms with E-state index in [2.05, 4.69) is 46.2 Å². The van der Waals surface area contributed by atoms with Crippen molar-refractivity contribution in [3.05, 3.63) is 24.3 Å². The Hall–Kier alpha value is -1.85. The van der Waals surface area contributed by atoms with E-state index >= 15 is 0 Å². The van der Waals surface area contributed by atoms with E-state index in [1.54, 1.807) is 0 Å². The fourth-order valence-corrected chi connectivity index (χ4v) is 1.80. The number of hydrogen-bond donors (Lipinski definition) is 2. The number of hydrogen-bond acceptors (Lipinski definition) is 3. The molecule has 0 amide bonds. The summed E-state index contributed by atoms with van der Waals surface area (Å²) in [6.07, 6.45) is 4.16. The van der Waals surface area contributed by atoms with Crippen LogP contribution in [0.3, 0.4) is 0 Å². The minimum atomic E-state index is 0.508. The average Bonchev–Trinajstić information content (AvgIpc) is 2.77. The Morgan fingerprint density at radius 2 is 2.14 bits per heavy atom. The molecule has 6 heteroatoms. The third-order valence-corrected chi connectivity index (χ3v) is 3.23. The SMILES string of the molecule is C=CCNC(=NCc1nnc(C)n1C)NCCCC(C)C. The molecule has 118 valence electrons. The summed E-state index contributed by atoms with van der Waals surface area (Å²) in [6.45, 7) is 12.2. The molecule has 1 heterocycles. The molecular formula is C15H28N6. The van der Waals surface area contributed by atoms with Crippen molar-refractivity contribution in [2.45, 2.75) is 40.2 Å². The number of nitrogens with zero attached hydrogens (tertiary/aromatic N) is 4. The van der Waals surface area contributed by atoms with Crippen LogP contribution in [-0.4, -0.2) is 33.8 Å². The van der Waals surface area contributed by atoms with Gasteiger partial charge in [0, 0.05) is 20.1 Å². The van der Waals surface area contributed by atoms with Crippen molar-refractivity contribution in [2.24, 2.45) is 18.0 Å². The van der Waals surface area contributed by atoms with Gasteiger partial charge in [0.05, 0.1) is 0 Å². The summed E-state index contributed by atoms with van der Waals surface area (Å²) in [5, 5.41) is 14.7. The van der Waals surface area contributed by atoms with Crippen molar-refractivity contribution in [3.63, 3.8) is 0 Å². The van der Waals surface area contributed by atoms with Gasteiger partial charge in [-0.3, -0.25) is 0 Å². The highest BCUT2D eigenvalue weighted by atomic mass is 15.3. The van der Waals surface area contributed by atoms with Gasteiger partial charge >= 0.3 is 0 Å². The topological polar surface area (TPSA) is 67.1 Å². The third-order valence-electron chi connectivity index (χ3n) is 3.23. The summed E-state index contributed by atoms with van der Waals surface area (Å²) in [5.74, 6) is 3.27. The van der Waals surface area contributed by atoms with E-state index in [1.807, 2.05) is 24.6 Å². The molecule has 1 aromatic heterocycles. The van der Waals surface area contributed by atoms with Crippen molar-refractivity contribution < 1.29 is 0 Å². The molecule has 0 aliphatic heterocycles. The zero-order valence-electron chi connectivity index (χ0n) is 13.7. The highest BCUT2D eigenvalue weighted by Crippen LogP contribution is 2.02. The number of aromatic nitrogens is 3. The van der Waals surface area contributed by atoms with Gasteiger partial charge in [-0.1, -0.05) is 19.9 Å². The van der Waals surface area contributed by atoms with Crippen molar-refractivity contribution in [1.29, 1.82) is 0 Å². The van der Waals surface area contributed by atoms with Crippen molar-refractivity contribution in [3.8, 4) is 0 Å². The fraction of sp³-hybridized carbons (Fsp3) is 0.667. The van der Waals surface area contributed by atoms with Crippen LogP contribution in [0.25, 0.3) is 0 Å². The normalized spacial score (nSPS) is 11.8. The Kier molecular flexibility index (Phi) is 7.50. The molecule has 0 radical (unpaired) electrons. The Bertz CT molecular complexity index is 461. The summed E-state index contributed by atoms with van der Waals surface area (Å²) in [4.78, 5) is 4.55. The van der Waals surface area contributed by atoms with Crippen molar-refractivity contribution in [1.82, 2.24) is 25.4 Å². The van der Waals surface area contributed by atoms with E-state index in [-0.39, 0.29) is 0 Å². The minimum Gasteiger partial charge on any atom is -0.356 e. The lowest BCUT2D eigenvalue weighted by Gasteiger charge is -2.12. The van der Waals surface area contributed by atoms with Crippen LogP contribution in [0.1, 0.15) is 38.3 Å². The predicted octanol–water partition coefficient (Wildman–Crippen LogP) is 1.78. The van der Waals surface area contributed by atoms with Crippen LogP contribution in [0.5, 0.6) is 0 Å². The summed E-state index contributed by atoms with van der Waals surface area (Å²) in [5.41, 5.74) is 0. The lowest BCUT2D eigenvalue weighted by Crippen LogP contribution is -2.38. The van der Waals surface area contributed by atoms with E-state index in [9.17, 15) is 0 Å². The summed E-state index contributed by atoms with van der Waals surface area (Å²) >= 11 is 0. The molecular weight excluding hydrogens is 264 g/mol. The van der Waals surface area contributed by atoms with Crippen LogP contribution in [0.15, 0.2) is 17.6 Å². The van der Waals surface area contributed by atoms with Crippen molar-refractivity contribution >= 4 is 5.96 Å². The maximum absolute atomic E-state index is 4.55. The number of aliphatic imine (C=N–C) groups is 1. The molecule has 0 aliphatic carbocycles. The van der Waals surface area contributed by atoms with Gasteiger partial charge in [-0.2, -0.15) is 0 Å². The molecule has 6 nitrogen and oxygen atoms in total. The lowest BCUT2D eigenvalue weighted by atomic mass is 10.1. The largest absolute Gasteiger partial charge is 0.356 e. The van der Waals surface area contributed by atoms with Gasteiger partial charge in [0.2, 0.25) is 0 Å². The van der Waals surface area contributed by atoms with Crippen LogP contribution in [0.4, 0.5) is 0 Å². The second-order valence-electron chi connectivity index (χ2n) is 5.52. The van der Waals surface area contributed by atoms with Crippen LogP contribution in [-0.2, 0) is 13.6 Å². The van der Waals surface area contributed by atoms with E-state index in [0.29, 0.717) is 13.1 Å². The van der Waals surface area contributed by atoms with E-state index in [0.717, 1.165) is 36.5 Å². The number of aryl methyl sites for hydroxylation is 1. The van der Waals surface area contributed by atoms with E-state index in [4.69, 9.17) is 0 Å². The number of nitrogens with one attached hydrogen (secondary N) is 2. The maximum atomic E-state index is 4.55. The maximum Gasteiger partial charge on any atom is 0.191 e. The van der Waals surface area contributed by atoms with Gasteiger partial charge in [0.1, 0.15) is 12.4 Å². The van der Waals surface area contributed by atoms with Crippen LogP contribution in [0, 0.1) is 12.8 Å². The molecule has 0 atom stereocenters. The molecule has 2 N–H and O–H groups in total. The van der Waals surface area contributed by atoms with Gasteiger partial charge < -0.3 is 15.2 Å². The van der Waals surface area contributed by atoms with Gasteiger partial charge in [-0.15, -0.1) is 16.8 Å². The monoisotopic (exact) mass is 292 g/mol. The Morgan fingerprint density at radius 1 is 1.38 bits per heavy atom. The van der Waals surface area contributed by atoms with E-state index < -0.39 is 0 Å². The molecule has 0 aliphatic rings. The molecule has 21 heavy (non-hydrogen) atoms. The summed E-state index contributed by atoms with van der Waals surface area (Å²) < 4.78 is 1.95. The standard InChI is InChI=1S/C15H28N6/c1-6-9-16-15(17-10-7-8-12(2)3)18-11-14-20-19-13(4)21(14)5/h6,12H,1,7-11H2,2-5H3,(H2,16,17,18). The first-order valence-corrected chi connectivity index (χ1v) is 7.52. The minimum absolute atomic E-state index is 0.508. The summed E-state index contributed by atoms with van der Waals surface area (Å²) in [6, 6.07) is 0. The van der Waals surface area contributed by atoms with E-state index in [1.165, 1.54) is 6.42 Å². The Balaban J connectivity index is 2.52. The Labute approximate surface area is 127 Å². The first-order chi connectivity index (χ1) is 10.0. The predicted molar refractivity (Wildman–Crippen MR) is 87.2 cm³/mol. The highest BCUT2D eigenvalue weighted by molar-refractivity contribution is 5.79. The first kappa shape index (κ1) is 17.2. The fourth-order valence-electron chi connectivity index (χ4n) is 1.80. The smallest absolute Gasteiger partial charge is 0.191 e. The first-order valence-electron chi connectivity index (χ1n) is 7.52. The average molecular weight is 292 g/mol. The molecule has 0 saturated heterocycles. The molecule has 0 aromatic carbocycles. The molecule has 0 unspecified atom stereocenters. The number of guanidine groups is 1. The van der Waals surface area contributed by atoms with Crippen LogP contribution in [0.2, 0.25) is 0 Å². The van der Waals surface area contributed by atoms with Gasteiger partial charge in [0.15, 0.2) is 11.8 Å². The molecule has 1 aromatic rings. The van der Waals surface area contributed by atoms with Crippen LogP contribution >= 0.6 is 0 Å². The second-order valence-corrected chi connectivity index (χ2v) is 5.52. The molecule has 0 saturated carbocycles. The molecule has 0 spiro atoms. The van der Waals surface area contributed by atoms with Crippen LogP contribution < -0.4 is 10.6 Å². The lowest BCUT2D eigenvalue weighted by molar-refractivity contribution is 0.549.